The van der Waals surface area contributed by atoms with E-state index in [2.05, 4.69) is 9.97 Å². The second kappa shape index (κ2) is 8.41. The van der Waals surface area contributed by atoms with Gasteiger partial charge in [0.15, 0.2) is 6.29 Å². The molecule has 0 aromatic carbocycles. The molecule has 0 saturated heterocycles. The predicted molar refractivity (Wildman–Crippen MR) is 105 cm³/mol. The smallest absolute Gasteiger partial charge is 0.404 e. The predicted octanol–water partition coefficient (Wildman–Crippen LogP) is 3.40. The minimum atomic E-state index is -0.874. The largest absolute Gasteiger partial charge is 0.468 e. The number of rotatable bonds is 7. The highest BCUT2D eigenvalue weighted by atomic mass is 16.6. The third kappa shape index (κ3) is 4.49. The number of hydrogen-bond donors (Lipinski definition) is 1. The third-order valence-corrected chi connectivity index (χ3v) is 4.48. The van der Waals surface area contributed by atoms with Gasteiger partial charge in [0, 0.05) is 17.2 Å². The molecule has 8 heteroatoms. The summed E-state index contributed by atoms with van der Waals surface area (Å²) in [7, 11) is 1.48. The molecule has 2 aromatic heterocycles. The van der Waals surface area contributed by atoms with Gasteiger partial charge in [-0.25, -0.2) is 4.79 Å². The molecule has 8 nitrogen and oxygen atoms in total. The van der Waals surface area contributed by atoms with E-state index in [1.165, 1.54) is 7.11 Å². The van der Waals surface area contributed by atoms with Crippen LogP contribution in [-0.4, -0.2) is 40.1 Å². The third-order valence-electron chi connectivity index (χ3n) is 4.48. The number of methoxy groups -OCH3 is 1. The van der Waals surface area contributed by atoms with Crippen LogP contribution >= 0.6 is 0 Å². The van der Waals surface area contributed by atoms with Gasteiger partial charge in [-0.15, -0.1) is 0 Å². The molecule has 0 radical (unpaired) electrons. The Morgan fingerprint density at radius 2 is 2.04 bits per heavy atom. The topological polar surface area (TPSA) is 109 Å². The summed E-state index contributed by atoms with van der Waals surface area (Å²) in [6.45, 7) is 9.98. The summed E-state index contributed by atoms with van der Waals surface area (Å²) in [6.07, 6.45) is 0.981. The number of pyridine rings is 1. The van der Waals surface area contributed by atoms with E-state index >= 15 is 0 Å². The lowest BCUT2D eigenvalue weighted by molar-refractivity contribution is 0.0239. The van der Waals surface area contributed by atoms with Crippen molar-refractivity contribution in [2.45, 2.75) is 53.2 Å². The molecule has 2 N–H and O–H groups in total. The van der Waals surface area contributed by atoms with Crippen molar-refractivity contribution in [1.82, 2.24) is 14.5 Å². The van der Waals surface area contributed by atoms with Crippen LogP contribution in [0.25, 0.3) is 11.3 Å². The molecule has 0 bridgehead atoms. The molecule has 1 atom stereocenters. The number of aldehydes is 1. The summed E-state index contributed by atoms with van der Waals surface area (Å²) in [5, 5.41) is 0. The van der Waals surface area contributed by atoms with Crippen LogP contribution in [0, 0.1) is 5.41 Å². The molecule has 1 amide bonds. The van der Waals surface area contributed by atoms with Gasteiger partial charge in [-0.3, -0.25) is 14.3 Å². The van der Waals surface area contributed by atoms with Crippen LogP contribution in [-0.2, 0) is 11.3 Å². The van der Waals surface area contributed by atoms with E-state index in [-0.39, 0.29) is 18.5 Å². The van der Waals surface area contributed by atoms with E-state index in [0.29, 0.717) is 11.4 Å². The van der Waals surface area contributed by atoms with Crippen molar-refractivity contribution in [3.05, 3.63) is 29.7 Å². The first-order valence-corrected chi connectivity index (χ1v) is 9.11. The Hall–Kier alpha value is -2.90. The monoisotopic (exact) mass is 388 g/mol. The molecule has 2 rings (SSSR count). The molecule has 28 heavy (non-hydrogen) atoms. The van der Waals surface area contributed by atoms with Crippen LogP contribution in [0.1, 0.15) is 56.7 Å². The Morgan fingerprint density at radius 1 is 1.36 bits per heavy atom. The maximum Gasteiger partial charge on any atom is 0.404 e. The SMILES string of the molecule is COc1nc(-c2cccnc2C(C)C)c(C=O)n1CC(OC(N)=O)C(C)(C)C. The number of imidazole rings is 1. The zero-order chi connectivity index (χ0) is 21.1. The summed E-state index contributed by atoms with van der Waals surface area (Å²) >= 11 is 0. The molecule has 0 aliphatic carbocycles. The summed E-state index contributed by atoms with van der Waals surface area (Å²) in [6, 6.07) is 3.93. The van der Waals surface area contributed by atoms with E-state index in [4.69, 9.17) is 15.2 Å². The van der Waals surface area contributed by atoms with E-state index in [1.807, 2.05) is 40.7 Å². The molecule has 0 aliphatic heterocycles. The van der Waals surface area contributed by atoms with Gasteiger partial charge < -0.3 is 15.2 Å². The molecule has 0 spiro atoms. The van der Waals surface area contributed by atoms with Gasteiger partial charge in [-0.1, -0.05) is 34.6 Å². The van der Waals surface area contributed by atoms with E-state index in [9.17, 15) is 9.59 Å². The van der Waals surface area contributed by atoms with E-state index in [1.54, 1.807) is 16.8 Å². The fraction of sp³-hybridized carbons (Fsp3) is 0.500. The van der Waals surface area contributed by atoms with Crippen molar-refractivity contribution in [2.24, 2.45) is 11.1 Å². The molecular weight excluding hydrogens is 360 g/mol. The number of amides is 1. The van der Waals surface area contributed by atoms with E-state index < -0.39 is 17.6 Å². The van der Waals surface area contributed by atoms with Crippen LogP contribution in [0.4, 0.5) is 4.79 Å². The molecule has 0 saturated carbocycles. The standard InChI is InChI=1S/C20H28N4O4/c1-12(2)16-13(8-7-9-22-16)17-14(11-25)24(19(23-17)27-6)10-15(20(3,4)5)28-18(21)26/h7-9,11-12,15H,10H2,1-6H3,(H2,21,26). The van der Waals surface area contributed by atoms with Gasteiger partial charge in [-0.2, -0.15) is 4.98 Å². The first kappa shape index (κ1) is 21.4. The quantitative estimate of drug-likeness (QED) is 0.728. The number of aromatic nitrogens is 3. The Labute approximate surface area is 165 Å². The van der Waals surface area contributed by atoms with Crippen molar-refractivity contribution < 1.29 is 19.1 Å². The van der Waals surface area contributed by atoms with Crippen LogP contribution in [0.5, 0.6) is 6.01 Å². The van der Waals surface area contributed by atoms with Crippen molar-refractivity contribution in [1.29, 1.82) is 0 Å². The van der Waals surface area contributed by atoms with Crippen LogP contribution in [0.15, 0.2) is 18.3 Å². The van der Waals surface area contributed by atoms with Gasteiger partial charge >= 0.3 is 6.09 Å². The number of hydrogen-bond acceptors (Lipinski definition) is 6. The van der Waals surface area contributed by atoms with Crippen LogP contribution < -0.4 is 10.5 Å². The van der Waals surface area contributed by atoms with Crippen LogP contribution in [0.3, 0.4) is 0 Å². The number of ether oxygens (including phenoxy) is 2. The molecule has 2 heterocycles. The van der Waals surface area contributed by atoms with Gasteiger partial charge in [0.05, 0.1) is 19.3 Å². The summed E-state index contributed by atoms with van der Waals surface area (Å²) < 4.78 is 12.3. The summed E-state index contributed by atoms with van der Waals surface area (Å²) in [5.74, 6) is 0.146. The minimum absolute atomic E-state index is 0.146. The second-order valence-corrected chi connectivity index (χ2v) is 7.94. The highest BCUT2D eigenvalue weighted by Gasteiger charge is 2.31. The molecule has 0 aliphatic rings. The molecule has 152 valence electrons. The molecule has 2 aromatic rings. The second-order valence-electron chi connectivity index (χ2n) is 7.94. The van der Waals surface area contributed by atoms with Crippen molar-refractivity contribution >= 4 is 12.4 Å². The van der Waals surface area contributed by atoms with Gasteiger partial charge in [-0.05, 0) is 18.1 Å². The Morgan fingerprint density at radius 3 is 2.54 bits per heavy atom. The van der Waals surface area contributed by atoms with Crippen molar-refractivity contribution in [3.63, 3.8) is 0 Å². The number of nitrogens with two attached hydrogens (primary N) is 1. The molecule has 1 unspecified atom stereocenters. The van der Waals surface area contributed by atoms with Gasteiger partial charge in [0.25, 0.3) is 6.01 Å². The maximum absolute atomic E-state index is 12.0. The summed E-state index contributed by atoms with van der Waals surface area (Å²) in [5.41, 5.74) is 7.23. The number of carbonyl (C=O) groups is 2. The number of nitrogens with zero attached hydrogens (tertiary/aromatic N) is 3. The highest BCUT2D eigenvalue weighted by molar-refractivity contribution is 5.85. The fourth-order valence-electron chi connectivity index (χ4n) is 2.97. The fourth-order valence-corrected chi connectivity index (χ4v) is 2.97. The lowest BCUT2D eigenvalue weighted by Gasteiger charge is -2.30. The van der Waals surface area contributed by atoms with Crippen LogP contribution in [0.2, 0.25) is 0 Å². The van der Waals surface area contributed by atoms with Gasteiger partial charge in [0.2, 0.25) is 0 Å². The zero-order valence-electron chi connectivity index (χ0n) is 17.2. The average Bonchev–Trinajstić information content (AvgIpc) is 2.97. The Bertz CT molecular complexity index is 852. The van der Waals surface area contributed by atoms with Crippen molar-refractivity contribution in [2.75, 3.05) is 7.11 Å². The Kier molecular flexibility index (Phi) is 6.43. The average molecular weight is 388 g/mol. The number of primary amides is 1. The molecular formula is C20H28N4O4. The summed E-state index contributed by atoms with van der Waals surface area (Å²) in [4.78, 5) is 32.4. The highest BCUT2D eigenvalue weighted by Crippen LogP contribution is 2.33. The zero-order valence-corrected chi connectivity index (χ0v) is 17.2. The minimum Gasteiger partial charge on any atom is -0.468 e. The first-order chi connectivity index (χ1) is 13.1. The maximum atomic E-state index is 12.0. The molecule has 0 fully saturated rings. The Balaban J connectivity index is 2.61. The normalized spacial score (nSPS) is 12.7. The lowest BCUT2D eigenvalue weighted by Crippen LogP contribution is -2.37. The number of carbonyl (C=O) groups excluding carboxylic acids is 2. The van der Waals surface area contributed by atoms with Gasteiger partial charge in [0.1, 0.15) is 17.5 Å². The van der Waals surface area contributed by atoms with E-state index in [0.717, 1.165) is 17.5 Å². The first-order valence-electron chi connectivity index (χ1n) is 9.11. The van der Waals surface area contributed by atoms with Crippen molar-refractivity contribution in [3.8, 4) is 17.3 Å². The lowest BCUT2D eigenvalue weighted by atomic mass is 9.89.